The van der Waals surface area contributed by atoms with Gasteiger partial charge in [-0.1, -0.05) is 23.7 Å². The molecule has 3 heterocycles. The average molecular weight is 473 g/mol. The second-order valence-corrected chi connectivity index (χ2v) is 8.23. The van der Waals surface area contributed by atoms with Gasteiger partial charge < -0.3 is 4.74 Å². The van der Waals surface area contributed by atoms with E-state index in [0.29, 0.717) is 29.4 Å². The number of carbonyl (C=O) groups is 1. The first kappa shape index (κ1) is 21.8. The van der Waals surface area contributed by atoms with Crippen molar-refractivity contribution in [1.29, 1.82) is 0 Å². The summed E-state index contributed by atoms with van der Waals surface area (Å²) in [5, 5.41) is 5.01. The number of hydrogen-bond acceptors (Lipinski definition) is 6. The molecule has 0 aliphatic heterocycles. The number of rotatable bonds is 7. The zero-order valence-corrected chi connectivity index (χ0v) is 19.1. The van der Waals surface area contributed by atoms with E-state index in [1.165, 1.54) is 0 Å². The monoisotopic (exact) mass is 472 g/mol. The number of fused-ring (bicyclic) bond motifs is 1. The quantitative estimate of drug-likeness (QED) is 0.281. The standard InChI is InChI=1S/C25H21ClN6O2/c1-16-10-12-31(30-16)19-8-9-20(21(26)14-19)24-29-22-3-2-11-28-25(22)32(24)18-6-4-17(5-7-18)13-23(27)34-15-33/h2-12,14-15,23H,13,27H2,1H3. The summed E-state index contributed by atoms with van der Waals surface area (Å²) in [6, 6.07) is 19.3. The fourth-order valence-electron chi connectivity index (χ4n) is 3.86. The van der Waals surface area contributed by atoms with Crippen LogP contribution in [0.3, 0.4) is 0 Å². The molecule has 9 heteroatoms. The van der Waals surface area contributed by atoms with Gasteiger partial charge in [-0.3, -0.25) is 15.1 Å². The second kappa shape index (κ2) is 9.09. The van der Waals surface area contributed by atoms with Gasteiger partial charge in [0.1, 0.15) is 11.3 Å². The Hall–Kier alpha value is -4.01. The van der Waals surface area contributed by atoms with Crippen molar-refractivity contribution in [2.24, 2.45) is 5.73 Å². The lowest BCUT2D eigenvalue weighted by Crippen LogP contribution is -2.25. The van der Waals surface area contributed by atoms with Crippen molar-refractivity contribution in [2.75, 3.05) is 0 Å². The Bertz CT molecular complexity index is 1470. The van der Waals surface area contributed by atoms with Crippen molar-refractivity contribution in [3.05, 3.63) is 89.3 Å². The van der Waals surface area contributed by atoms with Gasteiger partial charge in [0.05, 0.1) is 16.4 Å². The third kappa shape index (κ3) is 4.16. The number of carbonyl (C=O) groups excluding carboxylic acids is 1. The molecule has 0 spiro atoms. The SMILES string of the molecule is Cc1ccn(-c2ccc(-c3nc4cccnc4n3-c3ccc(CC(N)OC=O)cc3)c(Cl)c2)n1. The number of benzene rings is 2. The minimum Gasteiger partial charge on any atom is -0.449 e. The molecule has 34 heavy (non-hydrogen) atoms. The number of ether oxygens (including phenoxy) is 1. The summed E-state index contributed by atoms with van der Waals surface area (Å²) in [5.41, 5.74) is 11.6. The highest BCUT2D eigenvalue weighted by Gasteiger charge is 2.18. The van der Waals surface area contributed by atoms with Gasteiger partial charge >= 0.3 is 0 Å². The lowest BCUT2D eigenvalue weighted by molar-refractivity contribution is -0.133. The van der Waals surface area contributed by atoms with Crippen LogP contribution in [0.25, 0.3) is 33.9 Å². The van der Waals surface area contributed by atoms with Crippen molar-refractivity contribution in [2.45, 2.75) is 19.6 Å². The van der Waals surface area contributed by atoms with E-state index in [-0.39, 0.29) is 0 Å². The van der Waals surface area contributed by atoms with Gasteiger partial charge in [0.2, 0.25) is 0 Å². The van der Waals surface area contributed by atoms with Gasteiger partial charge in [-0.05, 0) is 61.0 Å². The molecule has 0 aliphatic rings. The maximum absolute atomic E-state index is 10.5. The molecule has 2 aromatic carbocycles. The summed E-state index contributed by atoms with van der Waals surface area (Å²) < 4.78 is 8.55. The van der Waals surface area contributed by atoms with E-state index in [0.717, 1.165) is 33.7 Å². The number of nitrogens with two attached hydrogens (primary N) is 1. The molecular weight excluding hydrogens is 452 g/mol. The van der Waals surface area contributed by atoms with Crippen LogP contribution >= 0.6 is 11.6 Å². The third-order valence-electron chi connectivity index (χ3n) is 5.46. The highest BCUT2D eigenvalue weighted by Crippen LogP contribution is 2.33. The van der Waals surface area contributed by atoms with Crippen LogP contribution in [0.5, 0.6) is 0 Å². The van der Waals surface area contributed by atoms with Crippen molar-refractivity contribution >= 4 is 29.2 Å². The Kier molecular flexibility index (Phi) is 5.83. The molecule has 0 fully saturated rings. The lowest BCUT2D eigenvalue weighted by Gasteiger charge is -2.13. The van der Waals surface area contributed by atoms with Crippen molar-refractivity contribution < 1.29 is 9.53 Å². The molecule has 2 N–H and O–H groups in total. The van der Waals surface area contributed by atoms with Gasteiger partial charge in [-0.2, -0.15) is 5.10 Å². The molecule has 0 aliphatic carbocycles. The minimum absolute atomic E-state index is 0.358. The van der Waals surface area contributed by atoms with Crippen LogP contribution in [0.1, 0.15) is 11.3 Å². The summed E-state index contributed by atoms with van der Waals surface area (Å²) >= 11 is 6.75. The van der Waals surface area contributed by atoms with Crippen LogP contribution in [0.15, 0.2) is 73.1 Å². The molecular formula is C25H21ClN6O2. The summed E-state index contributed by atoms with van der Waals surface area (Å²) in [4.78, 5) is 19.9. The van der Waals surface area contributed by atoms with E-state index in [2.05, 4.69) is 10.1 Å². The van der Waals surface area contributed by atoms with E-state index in [9.17, 15) is 4.79 Å². The molecule has 170 valence electrons. The normalized spacial score (nSPS) is 12.1. The molecule has 0 radical (unpaired) electrons. The fourth-order valence-corrected chi connectivity index (χ4v) is 4.12. The summed E-state index contributed by atoms with van der Waals surface area (Å²) in [6.07, 6.45) is 3.35. The third-order valence-corrected chi connectivity index (χ3v) is 5.77. The number of imidazole rings is 1. The topological polar surface area (TPSA) is 101 Å². The van der Waals surface area contributed by atoms with Crippen LogP contribution in [0, 0.1) is 6.92 Å². The molecule has 8 nitrogen and oxygen atoms in total. The molecule has 5 rings (SSSR count). The van der Waals surface area contributed by atoms with Gasteiger partial charge in [0.25, 0.3) is 6.47 Å². The number of halogens is 1. The van der Waals surface area contributed by atoms with Gasteiger partial charge in [-0.25, -0.2) is 14.6 Å². The van der Waals surface area contributed by atoms with Crippen molar-refractivity contribution in [3.63, 3.8) is 0 Å². The average Bonchev–Trinajstić information content (AvgIpc) is 3.43. The van der Waals surface area contributed by atoms with Gasteiger partial charge in [0, 0.05) is 30.1 Å². The van der Waals surface area contributed by atoms with Crippen LogP contribution in [-0.4, -0.2) is 37.0 Å². The largest absolute Gasteiger partial charge is 0.449 e. The minimum atomic E-state index is -0.689. The summed E-state index contributed by atoms with van der Waals surface area (Å²) in [6.45, 7) is 2.30. The van der Waals surface area contributed by atoms with Crippen molar-refractivity contribution in [3.8, 4) is 22.8 Å². The molecule has 1 unspecified atom stereocenters. The highest BCUT2D eigenvalue weighted by molar-refractivity contribution is 6.33. The number of hydrogen-bond donors (Lipinski definition) is 1. The van der Waals surface area contributed by atoms with E-state index in [1.54, 1.807) is 10.9 Å². The molecule has 0 saturated heterocycles. The molecule has 5 aromatic rings. The van der Waals surface area contributed by atoms with E-state index in [4.69, 9.17) is 27.1 Å². The van der Waals surface area contributed by atoms with Crippen molar-refractivity contribution in [1.82, 2.24) is 24.3 Å². The maximum Gasteiger partial charge on any atom is 0.294 e. The van der Waals surface area contributed by atoms with Gasteiger partial charge in [0.15, 0.2) is 11.9 Å². The number of nitrogens with zero attached hydrogens (tertiary/aromatic N) is 5. The summed E-state index contributed by atoms with van der Waals surface area (Å²) in [5.74, 6) is 0.677. The van der Waals surface area contributed by atoms with Crippen LogP contribution in [-0.2, 0) is 16.0 Å². The second-order valence-electron chi connectivity index (χ2n) is 7.82. The van der Waals surface area contributed by atoms with E-state index in [1.807, 2.05) is 78.4 Å². The highest BCUT2D eigenvalue weighted by atomic mass is 35.5. The van der Waals surface area contributed by atoms with Gasteiger partial charge in [-0.15, -0.1) is 0 Å². The van der Waals surface area contributed by atoms with E-state index < -0.39 is 6.23 Å². The van der Waals surface area contributed by atoms with E-state index >= 15 is 0 Å². The first-order valence-corrected chi connectivity index (χ1v) is 11.0. The number of pyridine rings is 1. The fraction of sp³-hybridized carbons (Fsp3) is 0.120. The van der Waals surface area contributed by atoms with Crippen LogP contribution in [0.4, 0.5) is 0 Å². The number of aromatic nitrogens is 5. The zero-order valence-electron chi connectivity index (χ0n) is 18.3. The number of aryl methyl sites for hydroxylation is 1. The maximum atomic E-state index is 10.5. The molecule has 0 saturated carbocycles. The first-order chi connectivity index (χ1) is 16.5. The van der Waals surface area contributed by atoms with Crippen LogP contribution < -0.4 is 5.73 Å². The Labute approximate surface area is 200 Å². The Morgan fingerprint density at radius 3 is 2.62 bits per heavy atom. The van der Waals surface area contributed by atoms with Crippen LogP contribution in [0.2, 0.25) is 5.02 Å². The zero-order chi connectivity index (χ0) is 23.7. The molecule has 1 atom stereocenters. The smallest absolute Gasteiger partial charge is 0.294 e. The first-order valence-electron chi connectivity index (χ1n) is 10.6. The predicted octanol–water partition coefficient (Wildman–Crippen LogP) is 4.24. The predicted molar refractivity (Wildman–Crippen MR) is 130 cm³/mol. The molecule has 0 amide bonds. The Balaban J connectivity index is 1.58. The Morgan fingerprint density at radius 2 is 1.91 bits per heavy atom. The molecule has 0 bridgehead atoms. The lowest BCUT2D eigenvalue weighted by atomic mass is 10.1. The molecule has 3 aromatic heterocycles. The summed E-state index contributed by atoms with van der Waals surface area (Å²) in [7, 11) is 0. The Morgan fingerprint density at radius 1 is 1.12 bits per heavy atom.